The molecule has 0 bridgehead atoms. The van der Waals surface area contributed by atoms with Crippen LogP contribution in [0.3, 0.4) is 0 Å². The van der Waals surface area contributed by atoms with Gasteiger partial charge in [-0.15, -0.1) is 0 Å². The fraction of sp³-hybridized carbons (Fsp3) is 0.652. The minimum atomic E-state index is -0.0194. The second-order valence-corrected chi connectivity index (χ2v) is 7.56. The van der Waals surface area contributed by atoms with E-state index in [-0.39, 0.29) is 23.8 Å². The maximum absolute atomic E-state index is 11.6. The van der Waals surface area contributed by atoms with Crippen molar-refractivity contribution in [2.75, 3.05) is 39.4 Å². The minimum absolute atomic E-state index is 0.0168. The third-order valence-electron chi connectivity index (χ3n) is 5.42. The molecule has 0 amide bonds. The van der Waals surface area contributed by atoms with E-state index in [1.54, 1.807) is 0 Å². The lowest BCUT2D eigenvalue weighted by Crippen LogP contribution is -2.36. The molecule has 2 heterocycles. The quantitative estimate of drug-likeness (QED) is 0.735. The molecular weight excluding hydrogens is 368 g/mol. The lowest BCUT2D eigenvalue weighted by Gasteiger charge is -2.30. The summed E-state index contributed by atoms with van der Waals surface area (Å²) >= 11 is 0. The smallest absolute Gasteiger partial charge is 0.309 e. The molecule has 1 N–H and O–H groups in total. The van der Waals surface area contributed by atoms with Crippen LogP contribution >= 0.6 is 0 Å². The first-order valence-electron chi connectivity index (χ1n) is 10.9. The highest BCUT2D eigenvalue weighted by molar-refractivity contribution is 5.72. The molecule has 3 rings (SSSR count). The number of hydrogen-bond acceptors (Lipinski definition) is 6. The Morgan fingerprint density at radius 1 is 0.897 bits per heavy atom. The summed E-state index contributed by atoms with van der Waals surface area (Å²) in [7, 11) is 0. The maximum atomic E-state index is 11.6. The van der Waals surface area contributed by atoms with Crippen molar-refractivity contribution in [2.24, 2.45) is 11.8 Å². The molecular formula is C23H36N2O4. The van der Waals surface area contributed by atoms with Crippen LogP contribution in [-0.4, -0.2) is 56.2 Å². The molecule has 2 saturated heterocycles. The van der Waals surface area contributed by atoms with Crippen LogP contribution in [0.5, 0.6) is 0 Å². The van der Waals surface area contributed by atoms with E-state index in [1.165, 1.54) is 5.56 Å². The van der Waals surface area contributed by atoms with Crippen molar-refractivity contribution in [3.05, 3.63) is 35.9 Å². The molecule has 0 atom stereocenters. The van der Waals surface area contributed by atoms with Crippen molar-refractivity contribution in [1.82, 2.24) is 10.2 Å². The van der Waals surface area contributed by atoms with Gasteiger partial charge in [0.1, 0.15) is 0 Å². The van der Waals surface area contributed by atoms with Crippen LogP contribution in [0.15, 0.2) is 30.3 Å². The van der Waals surface area contributed by atoms with Crippen molar-refractivity contribution in [3.63, 3.8) is 0 Å². The first-order chi connectivity index (χ1) is 14.1. The van der Waals surface area contributed by atoms with Gasteiger partial charge in [-0.2, -0.15) is 0 Å². The van der Waals surface area contributed by atoms with Crippen molar-refractivity contribution in [2.45, 2.75) is 46.1 Å². The van der Waals surface area contributed by atoms with Gasteiger partial charge in [0.15, 0.2) is 0 Å². The van der Waals surface area contributed by atoms with Gasteiger partial charge in [-0.3, -0.25) is 14.5 Å². The van der Waals surface area contributed by atoms with Gasteiger partial charge in [-0.05, 0) is 71.3 Å². The molecule has 2 aliphatic heterocycles. The number of likely N-dealkylation sites (tertiary alicyclic amines) is 1. The zero-order chi connectivity index (χ0) is 20.9. The molecule has 0 saturated carbocycles. The molecule has 1 aromatic carbocycles. The van der Waals surface area contributed by atoms with E-state index in [2.05, 4.69) is 34.5 Å². The molecule has 29 heavy (non-hydrogen) atoms. The standard InChI is InChI=1S/C15H21NO2.C8H15NO2/c1-2-18-15(17)14-8-10-16(11-9-14)12-13-6-4-3-5-7-13;1-2-11-8(10)7-3-5-9-6-4-7/h3-7,14H,2,8-12H2,1H3;7,9H,2-6H2,1H3. The molecule has 0 radical (unpaired) electrons. The van der Waals surface area contributed by atoms with E-state index >= 15 is 0 Å². The van der Waals surface area contributed by atoms with Crippen LogP contribution in [0.1, 0.15) is 45.1 Å². The van der Waals surface area contributed by atoms with E-state index in [1.807, 2.05) is 19.9 Å². The Labute approximate surface area is 174 Å². The number of nitrogens with zero attached hydrogens (tertiary/aromatic N) is 1. The Kier molecular flexibility index (Phi) is 10.7. The SMILES string of the molecule is CCOC(=O)C1CCN(Cc2ccccc2)CC1.CCOC(=O)C1CCNCC1. The summed E-state index contributed by atoms with van der Waals surface area (Å²) in [5.41, 5.74) is 1.34. The van der Waals surface area contributed by atoms with Crippen molar-refractivity contribution < 1.29 is 19.1 Å². The van der Waals surface area contributed by atoms with E-state index < -0.39 is 0 Å². The molecule has 6 heteroatoms. The summed E-state index contributed by atoms with van der Waals surface area (Å²) in [5, 5.41) is 3.20. The third kappa shape index (κ3) is 8.54. The van der Waals surface area contributed by atoms with Crippen molar-refractivity contribution in [3.8, 4) is 0 Å². The summed E-state index contributed by atoms with van der Waals surface area (Å²) in [6, 6.07) is 10.5. The van der Waals surface area contributed by atoms with Gasteiger partial charge in [0.2, 0.25) is 0 Å². The highest BCUT2D eigenvalue weighted by atomic mass is 16.5. The number of hydrogen-bond donors (Lipinski definition) is 1. The zero-order valence-corrected chi connectivity index (χ0v) is 17.9. The lowest BCUT2D eigenvalue weighted by molar-refractivity contribution is -0.150. The van der Waals surface area contributed by atoms with Crippen LogP contribution in [0.2, 0.25) is 0 Å². The lowest BCUT2D eigenvalue weighted by atomic mass is 9.96. The molecule has 0 aliphatic carbocycles. The molecule has 2 fully saturated rings. The van der Waals surface area contributed by atoms with Crippen LogP contribution in [0.25, 0.3) is 0 Å². The molecule has 0 aromatic heterocycles. The first kappa shape index (κ1) is 23.4. The van der Waals surface area contributed by atoms with Crippen LogP contribution < -0.4 is 5.32 Å². The number of benzene rings is 1. The zero-order valence-electron chi connectivity index (χ0n) is 17.9. The van der Waals surface area contributed by atoms with Gasteiger partial charge in [0, 0.05) is 6.54 Å². The highest BCUT2D eigenvalue weighted by Gasteiger charge is 2.25. The summed E-state index contributed by atoms with van der Waals surface area (Å²) in [6.07, 6.45) is 3.70. The number of carbonyl (C=O) groups is 2. The Morgan fingerprint density at radius 2 is 1.41 bits per heavy atom. The minimum Gasteiger partial charge on any atom is -0.466 e. The van der Waals surface area contributed by atoms with Crippen LogP contribution in [0.4, 0.5) is 0 Å². The number of rotatable bonds is 6. The van der Waals surface area contributed by atoms with Crippen molar-refractivity contribution in [1.29, 1.82) is 0 Å². The molecule has 1 aromatic rings. The second kappa shape index (κ2) is 13.3. The van der Waals surface area contributed by atoms with Gasteiger partial charge in [0.25, 0.3) is 0 Å². The van der Waals surface area contributed by atoms with Gasteiger partial charge < -0.3 is 14.8 Å². The fourth-order valence-electron chi connectivity index (χ4n) is 3.75. The van der Waals surface area contributed by atoms with E-state index in [0.29, 0.717) is 13.2 Å². The number of nitrogens with one attached hydrogen (secondary N) is 1. The van der Waals surface area contributed by atoms with E-state index in [4.69, 9.17) is 9.47 Å². The van der Waals surface area contributed by atoms with Gasteiger partial charge >= 0.3 is 11.9 Å². The van der Waals surface area contributed by atoms with Gasteiger partial charge in [-0.1, -0.05) is 30.3 Å². The summed E-state index contributed by atoms with van der Waals surface area (Å²) < 4.78 is 9.99. The number of esters is 2. The average molecular weight is 405 g/mol. The number of ether oxygens (including phenoxy) is 2. The Morgan fingerprint density at radius 3 is 1.93 bits per heavy atom. The van der Waals surface area contributed by atoms with Crippen LogP contribution in [-0.2, 0) is 25.6 Å². The second-order valence-electron chi connectivity index (χ2n) is 7.56. The Balaban J connectivity index is 0.000000234. The molecule has 0 unspecified atom stereocenters. The molecule has 6 nitrogen and oxygen atoms in total. The Bertz CT molecular complexity index is 594. The average Bonchev–Trinajstić information content (AvgIpc) is 2.76. The molecule has 2 aliphatic rings. The van der Waals surface area contributed by atoms with Crippen molar-refractivity contribution >= 4 is 11.9 Å². The largest absolute Gasteiger partial charge is 0.466 e. The van der Waals surface area contributed by atoms with E-state index in [0.717, 1.165) is 58.4 Å². The monoisotopic (exact) mass is 404 g/mol. The van der Waals surface area contributed by atoms with E-state index in [9.17, 15) is 9.59 Å². The van der Waals surface area contributed by atoms with Gasteiger partial charge in [0.05, 0.1) is 25.0 Å². The molecule has 162 valence electrons. The summed E-state index contributed by atoms with van der Waals surface area (Å²) in [6.45, 7) is 9.55. The first-order valence-corrected chi connectivity index (χ1v) is 10.9. The number of piperidine rings is 2. The van der Waals surface area contributed by atoms with Gasteiger partial charge in [-0.25, -0.2) is 0 Å². The topological polar surface area (TPSA) is 67.9 Å². The molecule has 0 spiro atoms. The summed E-state index contributed by atoms with van der Waals surface area (Å²) in [4.78, 5) is 25.2. The third-order valence-corrected chi connectivity index (χ3v) is 5.42. The number of carbonyl (C=O) groups excluding carboxylic acids is 2. The predicted molar refractivity (Wildman–Crippen MR) is 113 cm³/mol. The Hall–Kier alpha value is -1.92. The highest BCUT2D eigenvalue weighted by Crippen LogP contribution is 2.20. The predicted octanol–water partition coefficient (Wildman–Crippen LogP) is 3.01. The fourth-order valence-corrected chi connectivity index (χ4v) is 3.75. The summed E-state index contributed by atoms with van der Waals surface area (Å²) in [5.74, 6) is 0.221. The maximum Gasteiger partial charge on any atom is 0.309 e. The van der Waals surface area contributed by atoms with Crippen LogP contribution in [0, 0.1) is 11.8 Å². The normalized spacial score (nSPS) is 18.4.